The lowest BCUT2D eigenvalue weighted by Gasteiger charge is -2.11. The van der Waals surface area contributed by atoms with Crippen molar-refractivity contribution in [3.8, 4) is 17.2 Å². The zero-order valence-corrected chi connectivity index (χ0v) is 17.2. The van der Waals surface area contributed by atoms with Crippen LogP contribution in [0.3, 0.4) is 0 Å². The van der Waals surface area contributed by atoms with Gasteiger partial charge in [-0.2, -0.15) is 0 Å². The van der Waals surface area contributed by atoms with Crippen LogP contribution in [-0.4, -0.2) is 33.8 Å². The Morgan fingerprint density at radius 3 is 2.00 bits per heavy atom. The number of alkyl halides is 2. The topological polar surface area (TPSA) is 55.8 Å². The predicted octanol–water partition coefficient (Wildman–Crippen LogP) is 4.95. The van der Waals surface area contributed by atoms with Crippen LogP contribution >= 0.6 is 31.9 Å². The summed E-state index contributed by atoms with van der Waals surface area (Å²) < 4.78 is 11.1. The summed E-state index contributed by atoms with van der Waals surface area (Å²) in [4.78, 5) is 13.0. The summed E-state index contributed by atoms with van der Waals surface area (Å²) in [6.07, 6.45) is 0. The Balaban J connectivity index is 2.09. The van der Waals surface area contributed by atoms with Crippen molar-refractivity contribution >= 4 is 37.6 Å². The van der Waals surface area contributed by atoms with Crippen LogP contribution in [-0.2, 0) is 0 Å². The average Bonchev–Trinajstić information content (AvgIpc) is 2.58. The molecule has 0 aliphatic rings. The second-order valence-corrected chi connectivity index (χ2v) is 8.84. The highest BCUT2D eigenvalue weighted by Crippen LogP contribution is 2.27. The molecule has 2 atom stereocenters. The molecule has 0 aliphatic heterocycles. The first-order chi connectivity index (χ1) is 11.9. The van der Waals surface area contributed by atoms with E-state index in [9.17, 15) is 9.90 Å². The Kier molecular flexibility index (Phi) is 7.32. The van der Waals surface area contributed by atoms with Crippen LogP contribution in [0.5, 0.6) is 17.2 Å². The molecular formula is C19H20Br2O4. The molecule has 0 fully saturated rings. The first kappa shape index (κ1) is 19.8. The maximum atomic E-state index is 12.6. The molecule has 0 spiro atoms. The van der Waals surface area contributed by atoms with Gasteiger partial charge in [-0.3, -0.25) is 4.79 Å². The zero-order valence-electron chi connectivity index (χ0n) is 14.0. The van der Waals surface area contributed by atoms with Crippen molar-refractivity contribution in [3.63, 3.8) is 0 Å². The summed E-state index contributed by atoms with van der Waals surface area (Å²) in [5.74, 6) is 0.865. The Hall–Kier alpha value is -1.53. The lowest BCUT2D eigenvalue weighted by molar-refractivity contribution is 0.103. The molecule has 0 aliphatic carbocycles. The number of aromatic hydroxyl groups is 1. The van der Waals surface area contributed by atoms with Crippen molar-refractivity contribution < 1.29 is 19.4 Å². The molecule has 2 aromatic carbocycles. The van der Waals surface area contributed by atoms with Gasteiger partial charge in [-0.15, -0.1) is 0 Å². The minimum atomic E-state index is -0.252. The molecule has 0 saturated heterocycles. The molecule has 2 aromatic rings. The normalized spacial score (nSPS) is 13.1. The molecule has 2 unspecified atom stereocenters. The third-order valence-corrected chi connectivity index (χ3v) is 3.82. The van der Waals surface area contributed by atoms with Crippen LogP contribution in [0.1, 0.15) is 29.8 Å². The lowest BCUT2D eigenvalue weighted by atomic mass is 10.0. The second-order valence-electron chi connectivity index (χ2n) is 5.72. The van der Waals surface area contributed by atoms with E-state index in [1.54, 1.807) is 36.4 Å². The van der Waals surface area contributed by atoms with Crippen molar-refractivity contribution in [2.45, 2.75) is 23.5 Å². The molecule has 25 heavy (non-hydrogen) atoms. The summed E-state index contributed by atoms with van der Waals surface area (Å²) in [6.45, 7) is 4.97. The number of hydrogen-bond donors (Lipinski definition) is 1. The van der Waals surface area contributed by atoms with E-state index in [1.807, 2.05) is 13.8 Å². The number of ether oxygens (including phenoxy) is 2. The van der Waals surface area contributed by atoms with Gasteiger partial charge < -0.3 is 14.6 Å². The van der Waals surface area contributed by atoms with Gasteiger partial charge >= 0.3 is 0 Å². The standard InChI is InChI=1S/C19H20Br2O4/c1-12(20)10-24-15-5-3-14(4-6-15)19(23)17-8-7-16(9-18(17)22)25-11-13(2)21/h3-9,12-13,22H,10-11H2,1-2H3. The van der Waals surface area contributed by atoms with Crippen molar-refractivity contribution in [2.24, 2.45) is 0 Å². The highest BCUT2D eigenvalue weighted by Gasteiger charge is 2.15. The van der Waals surface area contributed by atoms with Gasteiger partial charge in [-0.05, 0) is 50.2 Å². The van der Waals surface area contributed by atoms with Crippen molar-refractivity contribution in [1.29, 1.82) is 0 Å². The number of ketones is 1. The third kappa shape index (κ3) is 6.04. The first-order valence-corrected chi connectivity index (χ1v) is 9.71. The number of hydrogen-bond acceptors (Lipinski definition) is 4. The molecule has 0 bridgehead atoms. The van der Waals surface area contributed by atoms with Crippen LogP contribution in [0.4, 0.5) is 0 Å². The van der Waals surface area contributed by atoms with E-state index in [0.717, 1.165) is 0 Å². The van der Waals surface area contributed by atoms with Crippen molar-refractivity contribution in [1.82, 2.24) is 0 Å². The van der Waals surface area contributed by atoms with Gasteiger partial charge in [0.1, 0.15) is 30.5 Å². The highest BCUT2D eigenvalue weighted by atomic mass is 79.9. The number of rotatable bonds is 8. The maximum Gasteiger partial charge on any atom is 0.196 e. The van der Waals surface area contributed by atoms with E-state index in [-0.39, 0.29) is 26.8 Å². The quantitative estimate of drug-likeness (QED) is 0.437. The van der Waals surface area contributed by atoms with E-state index in [4.69, 9.17) is 9.47 Å². The second kappa shape index (κ2) is 9.25. The van der Waals surface area contributed by atoms with Gasteiger partial charge in [-0.25, -0.2) is 0 Å². The third-order valence-electron chi connectivity index (χ3n) is 3.29. The fourth-order valence-electron chi connectivity index (χ4n) is 2.07. The van der Waals surface area contributed by atoms with Crippen LogP contribution in [0.2, 0.25) is 0 Å². The summed E-state index contributed by atoms with van der Waals surface area (Å²) in [7, 11) is 0. The van der Waals surface area contributed by atoms with Gasteiger partial charge in [0.15, 0.2) is 5.78 Å². The van der Waals surface area contributed by atoms with Crippen molar-refractivity contribution in [3.05, 3.63) is 53.6 Å². The molecule has 6 heteroatoms. The lowest BCUT2D eigenvalue weighted by Crippen LogP contribution is -2.08. The molecule has 1 N–H and O–H groups in total. The summed E-state index contributed by atoms with van der Waals surface area (Å²) in [6, 6.07) is 11.6. The zero-order chi connectivity index (χ0) is 18.4. The molecule has 2 rings (SSSR count). The molecule has 0 saturated carbocycles. The summed E-state index contributed by atoms with van der Waals surface area (Å²) >= 11 is 6.80. The summed E-state index contributed by atoms with van der Waals surface area (Å²) in [5, 5.41) is 10.1. The number of benzene rings is 2. The van der Waals surface area contributed by atoms with Gasteiger partial charge in [0.2, 0.25) is 0 Å². The smallest absolute Gasteiger partial charge is 0.196 e. The molecule has 0 heterocycles. The molecule has 0 amide bonds. The minimum absolute atomic E-state index is 0.0989. The Morgan fingerprint density at radius 2 is 1.48 bits per heavy atom. The monoisotopic (exact) mass is 470 g/mol. The fraction of sp³-hybridized carbons (Fsp3) is 0.316. The minimum Gasteiger partial charge on any atom is -0.507 e. The van der Waals surface area contributed by atoms with Gasteiger partial charge in [-0.1, -0.05) is 31.9 Å². The Morgan fingerprint density at radius 1 is 0.960 bits per heavy atom. The first-order valence-electron chi connectivity index (χ1n) is 7.88. The highest BCUT2D eigenvalue weighted by molar-refractivity contribution is 9.09. The molecular weight excluding hydrogens is 452 g/mol. The van der Waals surface area contributed by atoms with Crippen LogP contribution in [0.15, 0.2) is 42.5 Å². The van der Waals surface area contributed by atoms with Crippen LogP contribution in [0, 0.1) is 0 Å². The number of halogens is 2. The number of carbonyl (C=O) groups excluding carboxylic acids is 1. The molecule has 134 valence electrons. The predicted molar refractivity (Wildman–Crippen MR) is 106 cm³/mol. The fourth-order valence-corrected chi connectivity index (χ4v) is 2.34. The van der Waals surface area contributed by atoms with E-state index in [2.05, 4.69) is 31.9 Å². The molecule has 4 nitrogen and oxygen atoms in total. The van der Waals surface area contributed by atoms with Crippen LogP contribution < -0.4 is 9.47 Å². The number of carbonyl (C=O) groups is 1. The Labute approximate surface area is 164 Å². The SMILES string of the molecule is CC(Br)COc1ccc(C(=O)c2ccc(OCC(C)Br)cc2O)cc1. The van der Waals surface area contributed by atoms with Crippen molar-refractivity contribution in [2.75, 3.05) is 13.2 Å². The van der Waals surface area contributed by atoms with E-state index < -0.39 is 0 Å². The van der Waals surface area contributed by atoms with E-state index in [0.29, 0.717) is 30.3 Å². The Bertz CT molecular complexity index is 712. The largest absolute Gasteiger partial charge is 0.507 e. The molecule has 0 aromatic heterocycles. The van der Waals surface area contributed by atoms with Gasteiger partial charge in [0.25, 0.3) is 0 Å². The van der Waals surface area contributed by atoms with Crippen LogP contribution in [0.25, 0.3) is 0 Å². The average molecular weight is 472 g/mol. The van der Waals surface area contributed by atoms with E-state index >= 15 is 0 Å². The number of phenols is 1. The maximum absolute atomic E-state index is 12.6. The summed E-state index contributed by atoms with van der Waals surface area (Å²) in [5.41, 5.74) is 0.722. The van der Waals surface area contributed by atoms with Gasteiger partial charge in [0, 0.05) is 21.3 Å². The van der Waals surface area contributed by atoms with Gasteiger partial charge in [0.05, 0.1) is 5.56 Å². The molecule has 0 radical (unpaired) electrons. The van der Waals surface area contributed by atoms with E-state index in [1.165, 1.54) is 6.07 Å². The number of phenolic OH excluding ortho intramolecular Hbond substituents is 1.